The van der Waals surface area contributed by atoms with Crippen LogP contribution in [0.15, 0.2) is 48.5 Å². The van der Waals surface area contributed by atoms with Crippen molar-refractivity contribution < 1.29 is 9.47 Å². The van der Waals surface area contributed by atoms with E-state index in [2.05, 4.69) is 42.5 Å². The van der Waals surface area contributed by atoms with Gasteiger partial charge in [-0.2, -0.15) is 0 Å². The number of fused-ring (bicyclic) bond motifs is 6. The van der Waals surface area contributed by atoms with Gasteiger partial charge >= 0.3 is 0 Å². The summed E-state index contributed by atoms with van der Waals surface area (Å²) in [6.45, 7) is 0. The molecule has 130 valence electrons. The smallest absolute Gasteiger partial charge is 0.119 e. The topological polar surface area (TPSA) is 31.4 Å². The predicted molar refractivity (Wildman–Crippen MR) is 103 cm³/mol. The molecule has 2 aliphatic carbocycles. The molecule has 0 N–H and O–H groups in total. The number of aryl methyl sites for hydroxylation is 2. The number of pyridine rings is 1. The van der Waals surface area contributed by atoms with E-state index in [9.17, 15) is 0 Å². The fraction of sp³-hybridized carbons (Fsp3) is 0.261. The van der Waals surface area contributed by atoms with Crippen molar-refractivity contribution in [3.63, 3.8) is 0 Å². The van der Waals surface area contributed by atoms with Crippen LogP contribution >= 0.6 is 0 Å². The number of hydrogen-bond donors (Lipinski definition) is 0. The summed E-state index contributed by atoms with van der Waals surface area (Å²) < 4.78 is 11.2. The Morgan fingerprint density at radius 1 is 0.846 bits per heavy atom. The molecular weight excluding hydrogens is 322 g/mol. The van der Waals surface area contributed by atoms with Gasteiger partial charge in [-0.15, -0.1) is 0 Å². The summed E-state index contributed by atoms with van der Waals surface area (Å²) in [6, 6.07) is 17.2. The van der Waals surface area contributed by atoms with Gasteiger partial charge in [0.25, 0.3) is 0 Å². The maximum atomic E-state index is 5.83. The van der Waals surface area contributed by atoms with Crippen molar-refractivity contribution in [1.82, 2.24) is 4.98 Å². The van der Waals surface area contributed by atoms with Gasteiger partial charge in [-0.25, -0.2) is 4.98 Å². The summed E-state index contributed by atoms with van der Waals surface area (Å²) in [5, 5.41) is 0. The van der Waals surface area contributed by atoms with Crippen LogP contribution in [0.4, 0.5) is 0 Å². The third kappa shape index (κ3) is 2.27. The van der Waals surface area contributed by atoms with Crippen LogP contribution in [0, 0.1) is 0 Å². The number of rotatable bonds is 2. The third-order valence-corrected chi connectivity index (χ3v) is 5.67. The molecule has 2 aliphatic rings. The first kappa shape index (κ1) is 15.6. The lowest BCUT2D eigenvalue weighted by atomic mass is 9.82. The Morgan fingerprint density at radius 2 is 1.65 bits per heavy atom. The Kier molecular flexibility index (Phi) is 3.57. The van der Waals surface area contributed by atoms with Crippen LogP contribution in [-0.4, -0.2) is 19.2 Å². The van der Waals surface area contributed by atoms with Gasteiger partial charge in [-0.3, -0.25) is 0 Å². The summed E-state index contributed by atoms with van der Waals surface area (Å²) in [6.07, 6.45) is 3.01. The quantitative estimate of drug-likeness (QED) is 0.672. The van der Waals surface area contributed by atoms with Gasteiger partial charge < -0.3 is 9.47 Å². The van der Waals surface area contributed by atoms with Gasteiger partial charge in [-0.1, -0.05) is 24.3 Å². The van der Waals surface area contributed by atoms with Crippen molar-refractivity contribution in [2.45, 2.75) is 25.4 Å². The summed E-state index contributed by atoms with van der Waals surface area (Å²) in [4.78, 5) is 5.17. The van der Waals surface area contributed by atoms with E-state index in [-0.39, 0.29) is 6.10 Å². The van der Waals surface area contributed by atoms with Crippen LogP contribution in [0.5, 0.6) is 5.75 Å². The Balaban J connectivity index is 1.75. The van der Waals surface area contributed by atoms with E-state index in [1.165, 1.54) is 33.4 Å². The molecule has 0 aliphatic heterocycles. The molecule has 3 heteroatoms. The Hall–Kier alpha value is -2.65. The second kappa shape index (κ2) is 5.96. The SMILES string of the molecule is COc1ccc2c(c1)C[C@H](OC)c1cc3c(nc1-2)-c1ccccc1CC3. The highest BCUT2D eigenvalue weighted by Gasteiger charge is 2.29. The maximum Gasteiger partial charge on any atom is 0.119 e. The van der Waals surface area contributed by atoms with Crippen LogP contribution in [0.1, 0.15) is 28.4 Å². The number of ether oxygens (including phenoxy) is 2. The number of hydrogen-bond acceptors (Lipinski definition) is 3. The van der Waals surface area contributed by atoms with E-state index in [1.54, 1.807) is 14.2 Å². The predicted octanol–water partition coefficient (Wildman–Crippen LogP) is 4.77. The van der Waals surface area contributed by atoms with Crippen LogP contribution in [0.25, 0.3) is 22.5 Å². The van der Waals surface area contributed by atoms with E-state index < -0.39 is 0 Å². The highest BCUT2D eigenvalue weighted by atomic mass is 16.5. The molecular formula is C23H21NO2. The number of methoxy groups -OCH3 is 2. The van der Waals surface area contributed by atoms with Crippen molar-refractivity contribution in [1.29, 1.82) is 0 Å². The lowest BCUT2D eigenvalue weighted by molar-refractivity contribution is 0.102. The van der Waals surface area contributed by atoms with Crippen LogP contribution in [0.2, 0.25) is 0 Å². The minimum absolute atomic E-state index is 0.0413. The normalized spacial score (nSPS) is 16.9. The van der Waals surface area contributed by atoms with E-state index in [4.69, 9.17) is 14.5 Å². The molecule has 1 heterocycles. The van der Waals surface area contributed by atoms with Crippen molar-refractivity contribution in [3.8, 4) is 28.3 Å². The van der Waals surface area contributed by atoms with Gasteiger partial charge in [0.15, 0.2) is 0 Å². The van der Waals surface area contributed by atoms with Gasteiger partial charge in [0.1, 0.15) is 5.75 Å². The molecule has 0 spiro atoms. The first-order valence-corrected chi connectivity index (χ1v) is 9.10. The standard InChI is InChI=1S/C23H21NO2/c1-25-17-9-10-19-16(11-17)13-21(26-2)20-12-15-8-7-14-5-3-4-6-18(14)22(15)24-23(19)20/h3-6,9-12,21H,7-8,13H2,1-2H3/t21-/m0/s1. The summed E-state index contributed by atoms with van der Waals surface area (Å²) in [5.74, 6) is 0.880. The largest absolute Gasteiger partial charge is 0.497 e. The molecule has 2 aromatic carbocycles. The van der Waals surface area contributed by atoms with Crippen LogP contribution in [0.3, 0.4) is 0 Å². The third-order valence-electron chi connectivity index (χ3n) is 5.67. The lowest BCUT2D eigenvalue weighted by Gasteiger charge is -2.29. The Labute approximate surface area is 153 Å². The summed E-state index contributed by atoms with van der Waals surface area (Å²) >= 11 is 0. The number of aromatic nitrogens is 1. The molecule has 0 saturated carbocycles. The molecule has 3 aromatic rings. The van der Waals surface area contributed by atoms with Crippen molar-refractivity contribution in [2.24, 2.45) is 0 Å². The van der Waals surface area contributed by atoms with Crippen LogP contribution in [-0.2, 0) is 24.0 Å². The first-order chi connectivity index (χ1) is 12.8. The molecule has 1 aromatic heterocycles. The molecule has 0 radical (unpaired) electrons. The Bertz CT molecular complexity index is 1010. The highest BCUT2D eigenvalue weighted by Crippen LogP contribution is 2.43. The van der Waals surface area contributed by atoms with E-state index in [1.807, 2.05) is 6.07 Å². The molecule has 26 heavy (non-hydrogen) atoms. The van der Waals surface area contributed by atoms with Gasteiger partial charge in [0.05, 0.1) is 24.6 Å². The molecule has 0 saturated heterocycles. The minimum Gasteiger partial charge on any atom is -0.497 e. The van der Waals surface area contributed by atoms with Crippen molar-refractivity contribution >= 4 is 0 Å². The zero-order chi connectivity index (χ0) is 17.7. The fourth-order valence-corrected chi connectivity index (χ4v) is 4.31. The summed E-state index contributed by atoms with van der Waals surface area (Å²) in [7, 11) is 3.49. The minimum atomic E-state index is 0.0413. The molecule has 3 nitrogen and oxygen atoms in total. The molecule has 0 bridgehead atoms. The van der Waals surface area contributed by atoms with Gasteiger partial charge in [-0.05, 0) is 53.8 Å². The maximum absolute atomic E-state index is 5.83. The lowest BCUT2D eigenvalue weighted by Crippen LogP contribution is -2.17. The first-order valence-electron chi connectivity index (χ1n) is 9.10. The number of benzene rings is 2. The fourth-order valence-electron chi connectivity index (χ4n) is 4.31. The van der Waals surface area contributed by atoms with Gasteiger partial charge in [0, 0.05) is 30.2 Å². The monoisotopic (exact) mass is 343 g/mol. The zero-order valence-electron chi connectivity index (χ0n) is 15.1. The molecule has 0 fully saturated rings. The highest BCUT2D eigenvalue weighted by molar-refractivity contribution is 5.78. The molecule has 5 rings (SSSR count). The van der Waals surface area contributed by atoms with Gasteiger partial charge in [0.2, 0.25) is 0 Å². The van der Waals surface area contributed by atoms with Crippen molar-refractivity contribution in [3.05, 3.63) is 70.8 Å². The number of nitrogens with zero attached hydrogens (tertiary/aromatic N) is 1. The van der Waals surface area contributed by atoms with Crippen molar-refractivity contribution in [2.75, 3.05) is 14.2 Å². The average molecular weight is 343 g/mol. The van der Waals surface area contributed by atoms with E-state index in [0.29, 0.717) is 0 Å². The molecule has 0 amide bonds. The van der Waals surface area contributed by atoms with Crippen LogP contribution < -0.4 is 4.74 Å². The second-order valence-electron chi connectivity index (χ2n) is 7.04. The Morgan fingerprint density at radius 3 is 2.50 bits per heavy atom. The average Bonchev–Trinajstić information content (AvgIpc) is 2.71. The summed E-state index contributed by atoms with van der Waals surface area (Å²) in [5.41, 5.74) is 9.82. The molecule has 1 atom stereocenters. The van der Waals surface area contributed by atoms with E-state index in [0.717, 1.165) is 36.4 Å². The van der Waals surface area contributed by atoms with E-state index >= 15 is 0 Å². The second-order valence-corrected chi connectivity index (χ2v) is 7.04. The zero-order valence-corrected chi connectivity index (χ0v) is 15.1. The molecule has 0 unspecified atom stereocenters.